The van der Waals surface area contributed by atoms with Gasteiger partial charge in [-0.25, -0.2) is 4.37 Å². The van der Waals surface area contributed by atoms with Crippen LogP contribution in [0, 0.1) is 0 Å². The van der Waals surface area contributed by atoms with Crippen LogP contribution in [0.3, 0.4) is 0 Å². The smallest absolute Gasteiger partial charge is 0.237 e. The Bertz CT molecular complexity index is 379. The third-order valence-corrected chi connectivity index (χ3v) is 4.18. The fourth-order valence-corrected chi connectivity index (χ4v) is 3.25. The van der Waals surface area contributed by atoms with Crippen LogP contribution in [-0.4, -0.2) is 33.8 Å². The molecule has 2 bridgehead atoms. The number of hydrogen-bond acceptors (Lipinski definition) is 4. The summed E-state index contributed by atoms with van der Waals surface area (Å²) in [5.74, 6) is 0.208. The maximum absolute atomic E-state index is 11.8. The lowest BCUT2D eigenvalue weighted by atomic mass is 9.91. The van der Waals surface area contributed by atoms with Crippen LogP contribution in [0.2, 0.25) is 0 Å². The minimum Gasteiger partial charge on any atom is -0.353 e. The van der Waals surface area contributed by atoms with E-state index in [-0.39, 0.29) is 11.9 Å². The summed E-state index contributed by atoms with van der Waals surface area (Å²) in [6, 6.07) is 0.615. The molecule has 16 heavy (non-hydrogen) atoms. The number of nitrogens with one attached hydrogen (secondary N) is 1. The molecule has 86 valence electrons. The molecule has 1 N–H and O–H groups in total. The summed E-state index contributed by atoms with van der Waals surface area (Å²) in [6.07, 6.45) is 5.29. The molecule has 2 unspecified atom stereocenters. The van der Waals surface area contributed by atoms with Crippen molar-refractivity contribution in [2.45, 2.75) is 37.9 Å². The zero-order valence-electron chi connectivity index (χ0n) is 9.06. The van der Waals surface area contributed by atoms with E-state index in [0.717, 1.165) is 19.5 Å². The number of piperazine rings is 1. The van der Waals surface area contributed by atoms with Crippen molar-refractivity contribution >= 4 is 17.4 Å². The average Bonchev–Trinajstić information content (AvgIpc) is 2.77. The molecule has 5 heteroatoms. The van der Waals surface area contributed by atoms with Crippen LogP contribution in [0.15, 0.2) is 11.6 Å². The summed E-state index contributed by atoms with van der Waals surface area (Å²) < 4.78 is 4.12. The zero-order chi connectivity index (χ0) is 11.0. The van der Waals surface area contributed by atoms with Gasteiger partial charge in [-0.3, -0.25) is 9.69 Å². The van der Waals surface area contributed by atoms with Crippen molar-refractivity contribution in [1.29, 1.82) is 0 Å². The predicted molar refractivity (Wildman–Crippen MR) is 62.1 cm³/mol. The fraction of sp³-hybridized carbons (Fsp3) is 0.636. The highest BCUT2D eigenvalue weighted by Crippen LogP contribution is 2.27. The van der Waals surface area contributed by atoms with Gasteiger partial charge in [0.15, 0.2) is 0 Å². The summed E-state index contributed by atoms with van der Waals surface area (Å²) >= 11 is 1.48. The molecule has 1 amide bonds. The Hall–Kier alpha value is -0.940. The maximum atomic E-state index is 11.8. The van der Waals surface area contributed by atoms with Gasteiger partial charge in [-0.1, -0.05) is 0 Å². The van der Waals surface area contributed by atoms with Crippen LogP contribution in [0.1, 0.15) is 24.8 Å². The molecule has 1 aromatic rings. The molecule has 0 aromatic carbocycles. The van der Waals surface area contributed by atoms with Crippen molar-refractivity contribution in [1.82, 2.24) is 14.6 Å². The molecule has 2 aliphatic rings. The van der Waals surface area contributed by atoms with Gasteiger partial charge in [0.05, 0.1) is 6.04 Å². The Morgan fingerprint density at radius 2 is 2.50 bits per heavy atom. The number of carbonyl (C=O) groups is 1. The highest BCUT2D eigenvalue weighted by molar-refractivity contribution is 7.03. The van der Waals surface area contributed by atoms with Crippen molar-refractivity contribution in [3.8, 4) is 0 Å². The van der Waals surface area contributed by atoms with E-state index in [2.05, 4.69) is 20.0 Å². The van der Waals surface area contributed by atoms with Crippen molar-refractivity contribution < 1.29 is 4.79 Å². The highest BCUT2D eigenvalue weighted by Gasteiger charge is 2.38. The van der Waals surface area contributed by atoms with E-state index in [1.807, 2.05) is 6.20 Å². The van der Waals surface area contributed by atoms with Crippen LogP contribution in [0.25, 0.3) is 0 Å². The number of hydrogen-bond donors (Lipinski definition) is 1. The summed E-state index contributed by atoms with van der Waals surface area (Å²) in [5, 5.41) is 5.07. The molecule has 0 spiro atoms. The molecular formula is C11H15N3OS. The van der Waals surface area contributed by atoms with Crippen molar-refractivity contribution in [3.05, 3.63) is 17.1 Å². The first kappa shape index (κ1) is 10.2. The van der Waals surface area contributed by atoms with E-state index in [0.29, 0.717) is 6.04 Å². The van der Waals surface area contributed by atoms with Gasteiger partial charge in [-0.05, 0) is 36.4 Å². The molecule has 2 saturated heterocycles. The van der Waals surface area contributed by atoms with Gasteiger partial charge < -0.3 is 5.32 Å². The van der Waals surface area contributed by atoms with E-state index in [9.17, 15) is 4.79 Å². The second kappa shape index (κ2) is 4.14. The second-order valence-corrected chi connectivity index (χ2v) is 5.21. The van der Waals surface area contributed by atoms with E-state index in [1.165, 1.54) is 29.9 Å². The van der Waals surface area contributed by atoms with Gasteiger partial charge in [0.1, 0.15) is 0 Å². The zero-order valence-corrected chi connectivity index (χ0v) is 9.87. The van der Waals surface area contributed by atoms with E-state index < -0.39 is 0 Å². The van der Waals surface area contributed by atoms with Gasteiger partial charge >= 0.3 is 0 Å². The third kappa shape index (κ3) is 1.74. The van der Waals surface area contributed by atoms with Crippen LogP contribution in [0.5, 0.6) is 0 Å². The van der Waals surface area contributed by atoms with Gasteiger partial charge in [0, 0.05) is 30.7 Å². The van der Waals surface area contributed by atoms with Gasteiger partial charge in [0.25, 0.3) is 0 Å². The molecule has 2 aliphatic heterocycles. The first-order valence-electron chi connectivity index (χ1n) is 5.76. The third-order valence-electron chi connectivity index (χ3n) is 3.55. The Balaban J connectivity index is 1.79. The largest absolute Gasteiger partial charge is 0.353 e. The number of aromatic nitrogens is 1. The Labute approximate surface area is 98.8 Å². The number of piperidine rings is 1. The molecule has 4 nitrogen and oxygen atoms in total. The molecule has 2 atom stereocenters. The molecule has 2 fully saturated rings. The summed E-state index contributed by atoms with van der Waals surface area (Å²) in [4.78, 5) is 14.1. The lowest BCUT2D eigenvalue weighted by Gasteiger charge is -2.45. The Kier molecular flexibility index (Phi) is 2.65. The van der Waals surface area contributed by atoms with Gasteiger partial charge in [-0.2, -0.15) is 0 Å². The standard InChI is InChI=1S/C11H15N3OS/c15-11-10-3-1-2-9(5-12-11)14(10)6-8-4-13-16-7-8/h4,7,9-10H,1-3,5-6H2,(H,12,15). The molecule has 3 heterocycles. The summed E-state index contributed by atoms with van der Waals surface area (Å²) in [7, 11) is 0. The minimum atomic E-state index is 0.0902. The van der Waals surface area contributed by atoms with Crippen LogP contribution in [-0.2, 0) is 11.3 Å². The summed E-state index contributed by atoms with van der Waals surface area (Å²) in [6.45, 7) is 1.69. The number of nitrogens with zero attached hydrogens (tertiary/aromatic N) is 2. The molecule has 1 aromatic heterocycles. The second-order valence-electron chi connectivity index (χ2n) is 4.55. The highest BCUT2D eigenvalue weighted by atomic mass is 32.1. The minimum absolute atomic E-state index is 0.0902. The number of amides is 1. The predicted octanol–water partition coefficient (Wildman–Crippen LogP) is 0.996. The maximum Gasteiger partial charge on any atom is 0.237 e. The lowest BCUT2D eigenvalue weighted by molar-refractivity contribution is -0.134. The van der Waals surface area contributed by atoms with Crippen molar-refractivity contribution in [2.24, 2.45) is 0 Å². The number of fused-ring (bicyclic) bond motifs is 2. The first-order chi connectivity index (χ1) is 7.84. The number of carbonyl (C=O) groups excluding carboxylic acids is 1. The van der Waals surface area contributed by atoms with Crippen LogP contribution in [0.4, 0.5) is 0 Å². The van der Waals surface area contributed by atoms with E-state index >= 15 is 0 Å². The topological polar surface area (TPSA) is 45.2 Å². The lowest BCUT2D eigenvalue weighted by Crippen LogP contribution is -2.61. The molecule has 3 rings (SSSR count). The van der Waals surface area contributed by atoms with Crippen molar-refractivity contribution in [2.75, 3.05) is 6.54 Å². The van der Waals surface area contributed by atoms with Crippen LogP contribution < -0.4 is 5.32 Å². The van der Waals surface area contributed by atoms with Crippen molar-refractivity contribution in [3.63, 3.8) is 0 Å². The molecular weight excluding hydrogens is 222 g/mol. The normalized spacial score (nSPS) is 30.1. The SMILES string of the molecule is O=C1NCC2CCCC1N2Cc1cnsc1. The Morgan fingerprint density at radius 3 is 3.31 bits per heavy atom. The quantitative estimate of drug-likeness (QED) is 0.834. The van der Waals surface area contributed by atoms with Gasteiger partial charge in [0.2, 0.25) is 5.91 Å². The van der Waals surface area contributed by atoms with Gasteiger partial charge in [-0.15, -0.1) is 0 Å². The summed E-state index contributed by atoms with van der Waals surface area (Å²) in [5.41, 5.74) is 1.23. The Morgan fingerprint density at radius 1 is 1.56 bits per heavy atom. The fourth-order valence-electron chi connectivity index (χ4n) is 2.73. The first-order valence-corrected chi connectivity index (χ1v) is 6.60. The van der Waals surface area contributed by atoms with Crippen LogP contribution >= 0.6 is 11.5 Å². The molecule has 0 aliphatic carbocycles. The van der Waals surface area contributed by atoms with E-state index in [4.69, 9.17) is 0 Å². The molecule has 0 saturated carbocycles. The monoisotopic (exact) mass is 237 g/mol. The average molecular weight is 237 g/mol. The number of rotatable bonds is 2. The molecule has 0 radical (unpaired) electrons. The van der Waals surface area contributed by atoms with E-state index in [1.54, 1.807) is 0 Å².